The van der Waals surface area contributed by atoms with Crippen LogP contribution in [-0.2, 0) is 52.4 Å². The van der Waals surface area contributed by atoms with Crippen molar-refractivity contribution in [1.29, 1.82) is 0 Å². The Morgan fingerprint density at radius 3 is 0.900 bits per heavy atom. The van der Waals surface area contributed by atoms with Crippen molar-refractivity contribution in [2.45, 2.75) is 27.7 Å². The molecule has 0 spiro atoms. The molecule has 0 nitrogen and oxygen atoms in total. The average Bonchev–Trinajstić information content (AvgIpc) is 4.21. The van der Waals surface area contributed by atoms with Crippen molar-refractivity contribution in [2.24, 2.45) is 0 Å². The quantitative estimate of drug-likeness (QED) is 0.115. The van der Waals surface area contributed by atoms with Gasteiger partial charge < -0.3 is 9.41 Å². The number of fused-ring (bicyclic) bond motifs is 4. The van der Waals surface area contributed by atoms with Crippen LogP contribution < -0.4 is 41.2 Å². The first-order valence-electron chi connectivity index (χ1n) is 22.8. The molecule has 0 bridgehead atoms. The zero-order valence-electron chi connectivity index (χ0n) is 39.9. The molecule has 0 atom stereocenters. The van der Waals surface area contributed by atoms with E-state index in [1.807, 2.05) is 0 Å². The monoisotopic (exact) mass is 1100 g/mol. The normalized spacial score (nSPS) is 10.4. The van der Waals surface area contributed by atoms with Crippen molar-refractivity contribution in [1.82, 2.24) is 0 Å². The first-order valence-corrected chi connectivity index (χ1v) is 25.4. The maximum absolute atomic E-state index is 2.35. The van der Waals surface area contributed by atoms with Crippen LogP contribution >= 0.6 is 15.8 Å². The van der Waals surface area contributed by atoms with Gasteiger partial charge in [-0.3, -0.25) is 0 Å². The van der Waals surface area contributed by atoms with Crippen LogP contribution in [0.5, 0.6) is 0 Å². The molecule has 0 amide bonds. The summed E-state index contributed by atoms with van der Waals surface area (Å²) in [5.41, 5.74) is 5.48. The molecule has 12 rings (SSSR count). The molecule has 0 aliphatic carbocycles. The Labute approximate surface area is 453 Å². The van der Waals surface area contributed by atoms with Gasteiger partial charge in [0.15, 0.2) is 0 Å². The van der Waals surface area contributed by atoms with Crippen LogP contribution in [0.4, 0.5) is 0 Å². The van der Waals surface area contributed by atoms with Crippen molar-refractivity contribution < 1.29 is 61.8 Å². The Hall–Kier alpha value is -5.31. The van der Waals surface area contributed by atoms with Gasteiger partial charge in [-0.25, -0.2) is 0 Å². The summed E-state index contributed by atoms with van der Waals surface area (Å²) >= 11 is 0. The fourth-order valence-electron chi connectivity index (χ4n) is 8.80. The Bertz CT molecular complexity index is 2980. The maximum atomic E-state index is 2.35. The zero-order chi connectivity index (χ0) is 45.2. The molecule has 70 heavy (non-hydrogen) atoms. The average molecular weight is 1110 g/mol. The van der Waals surface area contributed by atoms with Crippen LogP contribution in [0, 0.1) is 27.7 Å². The van der Waals surface area contributed by atoms with Gasteiger partial charge in [-0.05, 0) is 50.9 Å². The number of aryl methyl sites for hydroxylation is 4. The molecule has 0 fully saturated rings. The first kappa shape index (κ1) is 55.6. The molecule has 0 aliphatic heterocycles. The third-order valence-electron chi connectivity index (χ3n) is 12.3. The van der Waals surface area contributed by atoms with Crippen molar-refractivity contribution in [3.8, 4) is 0 Å². The molecule has 0 saturated carbocycles. The molecule has 344 valence electrons. The molecule has 0 saturated heterocycles. The summed E-state index contributed by atoms with van der Waals surface area (Å²) in [6.07, 6.45) is 0. The van der Waals surface area contributed by atoms with E-state index in [9.17, 15) is 0 Å². The Morgan fingerprint density at radius 1 is 0.314 bits per heavy atom. The van der Waals surface area contributed by atoms with E-state index in [0.29, 0.717) is 0 Å². The van der Waals surface area contributed by atoms with Crippen molar-refractivity contribution >= 4 is 90.8 Å². The fourth-order valence-corrected chi connectivity index (χ4v) is 13.5. The van der Waals surface area contributed by atoms with E-state index >= 15 is 0 Å². The molecule has 0 aromatic heterocycles. The summed E-state index contributed by atoms with van der Waals surface area (Å²) in [6, 6.07) is 91.7. The van der Waals surface area contributed by atoms with Crippen LogP contribution in [0.25, 0.3) is 43.1 Å². The van der Waals surface area contributed by atoms with Gasteiger partial charge in [0.2, 0.25) is 0 Å². The standard InChI is InChI=1S/2C21H16P.2C11H11.2FH.2Zr/c2*1-3-11-19(12-4-1)22(20-13-5-2-6-14-20)21-15-17-9-7-8-10-18(17)16-21;2*1-8-6-7-9(2)11-5-3-4-10(8)11;;;;/h2*1-16H;2*3-7H,1-2H3;2*1H;;/q4*-1;;;2*+2/p-2. The van der Waals surface area contributed by atoms with Gasteiger partial charge in [0, 0.05) is 0 Å². The number of hydrogen-bond donors (Lipinski definition) is 0. The maximum Gasteiger partial charge on any atom is 2.00 e. The number of benzene rings is 8. The smallest absolute Gasteiger partial charge is 1.00 e. The van der Waals surface area contributed by atoms with Gasteiger partial charge in [-0.2, -0.15) is 36.4 Å². The van der Waals surface area contributed by atoms with E-state index in [4.69, 9.17) is 0 Å². The Balaban J connectivity index is 0.000000179. The minimum Gasteiger partial charge on any atom is -1.00 e. The summed E-state index contributed by atoms with van der Waals surface area (Å²) in [5.74, 6) is 0. The molecule has 0 unspecified atom stereocenters. The minimum atomic E-state index is -0.493. The second-order valence-electron chi connectivity index (χ2n) is 16.8. The van der Waals surface area contributed by atoms with E-state index in [1.165, 1.54) is 97.2 Å². The van der Waals surface area contributed by atoms with Gasteiger partial charge in [-0.15, -0.1) is 138 Å². The van der Waals surface area contributed by atoms with Gasteiger partial charge in [0.05, 0.1) is 0 Å². The second kappa shape index (κ2) is 26.8. The predicted octanol–water partition coefficient (Wildman–Crippen LogP) is 8.99. The first-order chi connectivity index (χ1) is 32.4. The summed E-state index contributed by atoms with van der Waals surface area (Å²) in [5, 5.41) is 19.4. The molecule has 6 heteroatoms. The number of halogens is 2. The molecule has 0 heterocycles. The molecule has 12 aromatic carbocycles. The van der Waals surface area contributed by atoms with Crippen LogP contribution in [0.3, 0.4) is 0 Å². The topological polar surface area (TPSA) is 0 Å². The van der Waals surface area contributed by atoms with Crippen molar-refractivity contribution in [2.75, 3.05) is 0 Å². The Kier molecular flexibility index (Phi) is 21.3. The van der Waals surface area contributed by atoms with Gasteiger partial charge in [0.25, 0.3) is 0 Å². The number of rotatable bonds is 6. The van der Waals surface area contributed by atoms with Crippen LogP contribution in [0.15, 0.2) is 255 Å². The van der Waals surface area contributed by atoms with E-state index < -0.39 is 15.8 Å². The van der Waals surface area contributed by atoms with E-state index in [1.54, 1.807) is 0 Å². The van der Waals surface area contributed by atoms with Crippen LogP contribution in [-0.4, -0.2) is 0 Å². The largest absolute Gasteiger partial charge is 2.00 e. The molecular formula is C64H54F2P2Zr2-2. The van der Waals surface area contributed by atoms with Crippen LogP contribution in [0.2, 0.25) is 0 Å². The second-order valence-corrected chi connectivity index (χ2v) is 21.2. The fraction of sp³-hybridized carbons (Fsp3) is 0.0625. The summed E-state index contributed by atoms with van der Waals surface area (Å²) in [7, 11) is -0.986. The van der Waals surface area contributed by atoms with Crippen molar-refractivity contribution in [3.05, 3.63) is 277 Å². The van der Waals surface area contributed by atoms with Crippen LogP contribution in [0.1, 0.15) is 22.3 Å². The summed E-state index contributed by atoms with van der Waals surface area (Å²) in [6.45, 7) is 8.62. The third kappa shape index (κ3) is 13.1. The van der Waals surface area contributed by atoms with Gasteiger partial charge in [-0.1, -0.05) is 171 Å². The molecule has 0 radical (unpaired) electrons. The predicted molar refractivity (Wildman–Crippen MR) is 295 cm³/mol. The molecule has 12 aromatic rings. The minimum absolute atomic E-state index is 0. The zero-order valence-corrected chi connectivity index (χ0v) is 46.6. The van der Waals surface area contributed by atoms with E-state index in [0.717, 1.165) is 0 Å². The van der Waals surface area contributed by atoms with E-state index in [-0.39, 0.29) is 61.8 Å². The summed E-state index contributed by atoms with van der Waals surface area (Å²) in [4.78, 5) is 0. The SMILES string of the molecule is Cc1ccc(C)c2[cH-]ccc12.Cc1ccc(C)c2[cH-]ccc12.[F-].[F-].[Zr+2].[Zr+2].c1ccc(P(c2ccccc2)c2cc3ccccc3[cH-]2)cc1.c1ccc(P(c2ccccc2)c2cc3ccccc3[cH-]2)cc1. The molecule has 0 aliphatic rings. The van der Waals surface area contributed by atoms with Crippen molar-refractivity contribution in [3.63, 3.8) is 0 Å². The number of hydrogen-bond acceptors (Lipinski definition) is 0. The third-order valence-corrected chi connectivity index (χ3v) is 17.1. The molecule has 0 N–H and O–H groups in total. The van der Waals surface area contributed by atoms with E-state index in [2.05, 4.69) is 282 Å². The molecular weight excluding hydrogens is 1050 g/mol. The summed E-state index contributed by atoms with van der Waals surface area (Å²) < 4.78 is 0. The van der Waals surface area contributed by atoms with Gasteiger partial charge in [0.1, 0.15) is 0 Å². The van der Waals surface area contributed by atoms with Gasteiger partial charge >= 0.3 is 52.4 Å². The Morgan fingerprint density at radius 2 is 0.600 bits per heavy atom.